The van der Waals surface area contributed by atoms with Crippen molar-refractivity contribution in [3.8, 4) is 0 Å². The van der Waals surface area contributed by atoms with Gasteiger partial charge in [0, 0.05) is 24.4 Å². The first-order valence-corrected chi connectivity index (χ1v) is 5.65. The molecule has 0 heterocycles. The first-order chi connectivity index (χ1) is 6.93. The Bertz CT molecular complexity index is 61.5. The average molecular weight is 273 g/mol. The van der Waals surface area contributed by atoms with Crippen molar-refractivity contribution in [2.75, 3.05) is 0 Å². The molecule has 0 radical (unpaired) electrons. The lowest BCUT2D eigenvalue weighted by molar-refractivity contribution is 0.215. The zero-order valence-electron chi connectivity index (χ0n) is 12.1. The number of rotatable bonds is 0. The molecular formula is C12H36O4Si. The average Bonchev–Trinajstić information content (AvgIpc) is 1.76. The van der Waals surface area contributed by atoms with Gasteiger partial charge in [-0.3, -0.25) is 0 Å². The van der Waals surface area contributed by atoms with Crippen molar-refractivity contribution in [3.05, 3.63) is 0 Å². The fourth-order valence-corrected chi connectivity index (χ4v) is 0. The monoisotopic (exact) mass is 272 g/mol. The summed E-state index contributed by atoms with van der Waals surface area (Å²) in [6.45, 7) is 13.8. The third-order valence-electron chi connectivity index (χ3n) is 0. The molecule has 0 rings (SSSR count). The Labute approximate surface area is 112 Å². The molecule has 4 N–H and O–H groups in total. The molecule has 0 amide bonds. The van der Waals surface area contributed by atoms with E-state index in [-0.39, 0.29) is 35.4 Å². The standard InChI is InChI=1S/4C3H8O.H4Si/c4*1-3(2)4;/h4*3-4H,1-2H3;1H4. The highest BCUT2D eigenvalue weighted by molar-refractivity contribution is 5.75. The number of hydrogen-bond donors (Lipinski definition) is 4. The van der Waals surface area contributed by atoms with Gasteiger partial charge in [0.1, 0.15) is 0 Å². The number of aliphatic hydroxyl groups is 4. The Balaban J connectivity index is -0.0000000369. The van der Waals surface area contributed by atoms with Gasteiger partial charge >= 0.3 is 0 Å². The Morgan fingerprint density at radius 1 is 0.412 bits per heavy atom. The highest BCUT2D eigenvalue weighted by Gasteiger charge is 1.70. The molecule has 0 spiro atoms. The lowest BCUT2D eigenvalue weighted by Gasteiger charge is -1.80. The van der Waals surface area contributed by atoms with Crippen molar-refractivity contribution in [2.45, 2.75) is 79.8 Å². The Kier molecular flexibility index (Phi) is 44.6. The molecule has 0 aromatic rings. The summed E-state index contributed by atoms with van der Waals surface area (Å²) in [4.78, 5) is 0. The highest BCUT2D eigenvalue weighted by Crippen LogP contribution is 1.66. The van der Waals surface area contributed by atoms with E-state index in [0.29, 0.717) is 0 Å². The van der Waals surface area contributed by atoms with Gasteiger partial charge in [-0.2, -0.15) is 0 Å². The molecule has 112 valence electrons. The van der Waals surface area contributed by atoms with E-state index in [9.17, 15) is 0 Å². The maximum atomic E-state index is 8.06. The van der Waals surface area contributed by atoms with Gasteiger partial charge in [-0.1, -0.05) is 0 Å². The minimum atomic E-state index is -0.167. The fourth-order valence-electron chi connectivity index (χ4n) is 0. The molecule has 0 aromatic heterocycles. The van der Waals surface area contributed by atoms with E-state index in [0.717, 1.165) is 0 Å². The van der Waals surface area contributed by atoms with Crippen molar-refractivity contribution < 1.29 is 20.4 Å². The number of aliphatic hydroxyl groups excluding tert-OH is 4. The molecule has 0 saturated carbocycles. The molecule has 17 heavy (non-hydrogen) atoms. The van der Waals surface area contributed by atoms with Crippen LogP contribution in [-0.4, -0.2) is 55.8 Å². The summed E-state index contributed by atoms with van der Waals surface area (Å²) in [7, 11) is 0. The normalized spacial score (nSPS) is 8.47. The third-order valence-corrected chi connectivity index (χ3v) is 0. The molecule has 0 aromatic carbocycles. The molecule has 0 fully saturated rings. The van der Waals surface area contributed by atoms with Crippen LogP contribution in [0.4, 0.5) is 0 Å². The largest absolute Gasteiger partial charge is 0.394 e. The van der Waals surface area contributed by atoms with Crippen molar-refractivity contribution in [1.82, 2.24) is 0 Å². The van der Waals surface area contributed by atoms with Crippen LogP contribution in [0.1, 0.15) is 55.4 Å². The van der Waals surface area contributed by atoms with Crippen LogP contribution in [0, 0.1) is 0 Å². The van der Waals surface area contributed by atoms with Crippen LogP contribution < -0.4 is 0 Å². The van der Waals surface area contributed by atoms with Gasteiger partial charge in [0.25, 0.3) is 0 Å². The van der Waals surface area contributed by atoms with Crippen LogP contribution >= 0.6 is 0 Å². The fraction of sp³-hybridized carbons (Fsp3) is 1.00. The van der Waals surface area contributed by atoms with Gasteiger partial charge in [0.05, 0.1) is 0 Å². The van der Waals surface area contributed by atoms with Crippen LogP contribution in [0.15, 0.2) is 0 Å². The third kappa shape index (κ3) is 981000. The second-order valence-corrected chi connectivity index (χ2v) is 4.37. The van der Waals surface area contributed by atoms with Crippen molar-refractivity contribution in [3.63, 3.8) is 0 Å². The minimum Gasteiger partial charge on any atom is -0.394 e. The molecule has 0 aliphatic heterocycles. The van der Waals surface area contributed by atoms with Crippen molar-refractivity contribution in [2.24, 2.45) is 0 Å². The topological polar surface area (TPSA) is 80.9 Å². The van der Waals surface area contributed by atoms with Gasteiger partial charge < -0.3 is 20.4 Å². The summed E-state index contributed by atoms with van der Waals surface area (Å²) in [5.41, 5.74) is 0. The SMILES string of the molecule is CC(C)O.CC(C)O.CC(C)O.CC(C)O.[SiH4]. The van der Waals surface area contributed by atoms with Gasteiger partial charge in [-0.25, -0.2) is 0 Å². The summed E-state index contributed by atoms with van der Waals surface area (Å²) < 4.78 is 0. The summed E-state index contributed by atoms with van der Waals surface area (Å²) in [6.07, 6.45) is -0.667. The van der Waals surface area contributed by atoms with E-state index in [1.165, 1.54) is 0 Å². The van der Waals surface area contributed by atoms with E-state index in [1.807, 2.05) is 0 Å². The molecule has 0 bridgehead atoms. The second-order valence-electron chi connectivity index (χ2n) is 4.37. The maximum Gasteiger partial charge on any atom is 0.0483 e. The van der Waals surface area contributed by atoms with Gasteiger partial charge in [0.15, 0.2) is 0 Å². The summed E-state index contributed by atoms with van der Waals surface area (Å²) in [6, 6.07) is 0. The zero-order valence-corrected chi connectivity index (χ0v) is 12.1. The van der Waals surface area contributed by atoms with Crippen LogP contribution in [0.2, 0.25) is 0 Å². The molecule has 4 nitrogen and oxygen atoms in total. The van der Waals surface area contributed by atoms with E-state index in [2.05, 4.69) is 0 Å². The predicted octanol–water partition coefficient (Wildman–Crippen LogP) is 0.0968. The molecule has 0 saturated heterocycles. The summed E-state index contributed by atoms with van der Waals surface area (Å²) in [5.74, 6) is 0. The van der Waals surface area contributed by atoms with E-state index in [4.69, 9.17) is 20.4 Å². The number of hydrogen-bond acceptors (Lipinski definition) is 4. The Hall–Kier alpha value is 0.0569. The van der Waals surface area contributed by atoms with Gasteiger partial charge in [-0.05, 0) is 66.4 Å². The first-order valence-electron chi connectivity index (χ1n) is 5.65. The molecule has 0 unspecified atom stereocenters. The quantitative estimate of drug-likeness (QED) is 0.471. The molecule has 0 aliphatic carbocycles. The van der Waals surface area contributed by atoms with Crippen LogP contribution in [0.25, 0.3) is 0 Å². The smallest absolute Gasteiger partial charge is 0.0483 e. The van der Waals surface area contributed by atoms with Crippen LogP contribution in [0.5, 0.6) is 0 Å². The highest BCUT2D eigenvalue weighted by atomic mass is 28.1. The van der Waals surface area contributed by atoms with Gasteiger partial charge in [0.2, 0.25) is 0 Å². The van der Waals surface area contributed by atoms with Crippen LogP contribution in [-0.2, 0) is 0 Å². The lowest BCUT2D eigenvalue weighted by atomic mass is 10.5. The summed E-state index contributed by atoms with van der Waals surface area (Å²) >= 11 is 0. The van der Waals surface area contributed by atoms with E-state index < -0.39 is 0 Å². The second kappa shape index (κ2) is 25.0. The Morgan fingerprint density at radius 3 is 0.412 bits per heavy atom. The molecule has 0 atom stereocenters. The van der Waals surface area contributed by atoms with Crippen molar-refractivity contribution >= 4 is 11.0 Å². The molecule has 0 aliphatic rings. The van der Waals surface area contributed by atoms with Gasteiger partial charge in [-0.15, -0.1) is 0 Å². The van der Waals surface area contributed by atoms with Crippen molar-refractivity contribution in [1.29, 1.82) is 0 Å². The zero-order chi connectivity index (χ0) is 14.3. The first kappa shape index (κ1) is 30.3. The van der Waals surface area contributed by atoms with E-state index in [1.54, 1.807) is 55.4 Å². The lowest BCUT2D eigenvalue weighted by Crippen LogP contribution is -1.85. The molecular weight excluding hydrogens is 236 g/mol. The van der Waals surface area contributed by atoms with Crippen LogP contribution in [0.3, 0.4) is 0 Å². The van der Waals surface area contributed by atoms with E-state index >= 15 is 0 Å². The molecule has 5 heteroatoms. The summed E-state index contributed by atoms with van der Waals surface area (Å²) in [5, 5.41) is 32.2. The minimum absolute atomic E-state index is 0. The Morgan fingerprint density at radius 2 is 0.412 bits per heavy atom. The predicted molar refractivity (Wildman–Crippen MR) is 80.8 cm³/mol. The maximum absolute atomic E-state index is 8.06.